The second-order valence-corrected chi connectivity index (χ2v) is 5.41. The van der Waals surface area contributed by atoms with Crippen LogP contribution in [0, 0.1) is 0 Å². The van der Waals surface area contributed by atoms with Crippen LogP contribution in [0.1, 0.15) is 39.0 Å². The first-order valence-electron chi connectivity index (χ1n) is 6.62. The van der Waals surface area contributed by atoms with Crippen molar-refractivity contribution in [3.05, 3.63) is 12.4 Å². The number of carbonyl (C=O) groups is 2. The molecule has 0 amide bonds. The Balaban J connectivity index is 2.05. The summed E-state index contributed by atoms with van der Waals surface area (Å²) in [6, 6.07) is -0.0894. The number of esters is 1. The van der Waals surface area contributed by atoms with Crippen LogP contribution in [0.5, 0.6) is 6.01 Å². The zero-order valence-electron chi connectivity index (χ0n) is 11.4. The Morgan fingerprint density at radius 3 is 2.75 bits per heavy atom. The lowest BCUT2D eigenvalue weighted by atomic mass is 9.86. The predicted molar refractivity (Wildman–Crippen MR) is 75.1 cm³/mol. The lowest BCUT2D eigenvalue weighted by molar-refractivity contribution is -0.132. The second-order valence-electron chi connectivity index (χ2n) is 5.09. The third-order valence-corrected chi connectivity index (χ3v) is 3.64. The van der Waals surface area contributed by atoms with Gasteiger partial charge in [0, 0.05) is 12.4 Å². The van der Waals surface area contributed by atoms with Crippen molar-refractivity contribution in [2.75, 3.05) is 5.75 Å². The van der Waals surface area contributed by atoms with Crippen LogP contribution >= 0.6 is 12.6 Å². The summed E-state index contributed by atoms with van der Waals surface area (Å²) >= 11 is 3.80. The largest absolute Gasteiger partial charge is 0.443 e. The molecule has 0 radical (unpaired) electrons. The molecule has 20 heavy (non-hydrogen) atoms. The minimum absolute atomic E-state index is 0.0837. The summed E-state index contributed by atoms with van der Waals surface area (Å²) in [6.45, 7) is 1.93. The van der Waals surface area contributed by atoms with Gasteiger partial charge in [0.05, 0.1) is 5.75 Å². The minimum atomic E-state index is -0.575. The van der Waals surface area contributed by atoms with E-state index in [9.17, 15) is 9.59 Å². The molecule has 0 unspecified atom stereocenters. The standard InChI is InChI=1S/C13H18N2O4S/c1-13(5-3-2-4-6-13)19-12(17)15-8-7-14-11(15)18-10(16)9-20/h7-8,20H,2-6,9H2,1H3. The summed E-state index contributed by atoms with van der Waals surface area (Å²) in [4.78, 5) is 27.2. The smallest absolute Gasteiger partial charge is 0.422 e. The van der Waals surface area contributed by atoms with E-state index in [0.717, 1.165) is 30.3 Å². The van der Waals surface area contributed by atoms with Gasteiger partial charge in [0.1, 0.15) is 5.60 Å². The predicted octanol–water partition coefficient (Wildman–Crippen LogP) is 2.43. The number of hydrogen-bond acceptors (Lipinski definition) is 6. The van der Waals surface area contributed by atoms with E-state index in [4.69, 9.17) is 9.47 Å². The molecule has 2 rings (SSSR count). The topological polar surface area (TPSA) is 70.4 Å². The number of carbonyl (C=O) groups excluding carboxylic acids is 2. The average Bonchev–Trinajstić information content (AvgIpc) is 2.87. The summed E-state index contributed by atoms with van der Waals surface area (Å²) in [7, 11) is 0. The normalized spacial score (nSPS) is 17.5. The fourth-order valence-electron chi connectivity index (χ4n) is 2.30. The Morgan fingerprint density at radius 1 is 1.40 bits per heavy atom. The molecule has 1 heterocycles. The molecule has 110 valence electrons. The van der Waals surface area contributed by atoms with Gasteiger partial charge in [-0.25, -0.2) is 14.3 Å². The zero-order valence-corrected chi connectivity index (χ0v) is 12.3. The van der Waals surface area contributed by atoms with Crippen LogP contribution in [0.3, 0.4) is 0 Å². The molecule has 0 aliphatic heterocycles. The molecule has 1 aromatic heterocycles. The first kappa shape index (κ1) is 14.9. The van der Waals surface area contributed by atoms with Crippen LogP contribution in [0.15, 0.2) is 12.4 Å². The minimum Gasteiger partial charge on any atom is -0.443 e. The van der Waals surface area contributed by atoms with Crippen LogP contribution in [0.2, 0.25) is 0 Å². The van der Waals surface area contributed by atoms with E-state index in [2.05, 4.69) is 17.6 Å². The molecule has 0 bridgehead atoms. The first-order valence-corrected chi connectivity index (χ1v) is 7.25. The maximum atomic E-state index is 12.2. The van der Waals surface area contributed by atoms with E-state index in [1.165, 1.54) is 18.8 Å². The molecule has 7 heteroatoms. The van der Waals surface area contributed by atoms with Crippen molar-refractivity contribution < 1.29 is 19.1 Å². The van der Waals surface area contributed by atoms with E-state index < -0.39 is 17.7 Å². The first-order chi connectivity index (χ1) is 9.54. The van der Waals surface area contributed by atoms with E-state index >= 15 is 0 Å². The molecule has 0 saturated heterocycles. The molecule has 0 spiro atoms. The Hall–Kier alpha value is -1.50. The Morgan fingerprint density at radius 2 is 2.10 bits per heavy atom. The second kappa shape index (κ2) is 6.30. The van der Waals surface area contributed by atoms with Crippen molar-refractivity contribution in [2.24, 2.45) is 0 Å². The van der Waals surface area contributed by atoms with E-state index in [-0.39, 0.29) is 11.8 Å². The van der Waals surface area contributed by atoms with Gasteiger partial charge in [-0.1, -0.05) is 6.42 Å². The molecule has 6 nitrogen and oxygen atoms in total. The highest BCUT2D eigenvalue weighted by molar-refractivity contribution is 7.81. The van der Waals surface area contributed by atoms with Gasteiger partial charge in [-0.05, 0) is 32.6 Å². The Kier molecular flexibility index (Phi) is 4.69. The Labute approximate surface area is 122 Å². The maximum Gasteiger partial charge on any atom is 0.422 e. The van der Waals surface area contributed by atoms with Crippen LogP contribution < -0.4 is 4.74 Å². The fraction of sp³-hybridized carbons (Fsp3) is 0.615. The number of nitrogens with zero attached hydrogens (tertiary/aromatic N) is 2. The average molecular weight is 298 g/mol. The van der Waals surface area contributed by atoms with Gasteiger partial charge in [-0.15, -0.1) is 0 Å². The van der Waals surface area contributed by atoms with Gasteiger partial charge < -0.3 is 9.47 Å². The van der Waals surface area contributed by atoms with Gasteiger partial charge in [0.25, 0.3) is 0 Å². The monoisotopic (exact) mass is 298 g/mol. The Bertz CT molecular complexity index is 494. The highest BCUT2D eigenvalue weighted by atomic mass is 32.1. The van der Waals surface area contributed by atoms with Crippen molar-refractivity contribution in [1.82, 2.24) is 9.55 Å². The molecule has 1 saturated carbocycles. The van der Waals surface area contributed by atoms with Crippen molar-refractivity contribution in [2.45, 2.75) is 44.6 Å². The van der Waals surface area contributed by atoms with Crippen LogP contribution in [-0.4, -0.2) is 33.0 Å². The van der Waals surface area contributed by atoms with Gasteiger partial charge >= 0.3 is 18.1 Å². The lowest BCUT2D eigenvalue weighted by Gasteiger charge is -2.32. The lowest BCUT2D eigenvalue weighted by Crippen LogP contribution is -2.35. The number of hydrogen-bond donors (Lipinski definition) is 1. The van der Waals surface area contributed by atoms with Crippen molar-refractivity contribution in [3.63, 3.8) is 0 Å². The number of ether oxygens (including phenoxy) is 2. The van der Waals surface area contributed by atoms with Gasteiger partial charge in [0.2, 0.25) is 0 Å². The molecule has 0 N–H and O–H groups in total. The van der Waals surface area contributed by atoms with E-state index in [1.807, 2.05) is 6.92 Å². The molecular formula is C13H18N2O4S. The van der Waals surface area contributed by atoms with Gasteiger partial charge in [-0.3, -0.25) is 4.79 Å². The van der Waals surface area contributed by atoms with Gasteiger partial charge in [0.15, 0.2) is 0 Å². The summed E-state index contributed by atoms with van der Waals surface area (Å²) in [6.07, 6.45) is 7.18. The van der Waals surface area contributed by atoms with Crippen LogP contribution in [-0.2, 0) is 9.53 Å². The molecule has 1 aliphatic carbocycles. The summed E-state index contributed by atoms with van der Waals surface area (Å²) < 4.78 is 11.6. The third-order valence-electron chi connectivity index (χ3n) is 3.38. The molecule has 1 fully saturated rings. The highest BCUT2D eigenvalue weighted by Crippen LogP contribution is 2.31. The zero-order chi connectivity index (χ0) is 14.6. The highest BCUT2D eigenvalue weighted by Gasteiger charge is 2.32. The molecular weight excluding hydrogens is 280 g/mol. The van der Waals surface area contributed by atoms with Crippen LogP contribution in [0.4, 0.5) is 4.79 Å². The number of aromatic nitrogens is 2. The van der Waals surface area contributed by atoms with Crippen molar-refractivity contribution in [1.29, 1.82) is 0 Å². The third kappa shape index (κ3) is 3.53. The summed E-state index contributed by atoms with van der Waals surface area (Å²) in [5.74, 6) is -0.656. The maximum absolute atomic E-state index is 12.2. The number of thiol groups is 1. The van der Waals surface area contributed by atoms with E-state index in [1.54, 1.807) is 0 Å². The number of imidazole rings is 1. The molecule has 1 aliphatic rings. The molecule has 1 aromatic rings. The van der Waals surface area contributed by atoms with Crippen molar-refractivity contribution in [3.8, 4) is 6.01 Å². The quantitative estimate of drug-likeness (QED) is 0.685. The SMILES string of the molecule is CC1(OC(=O)n2ccnc2OC(=O)CS)CCCCC1. The van der Waals surface area contributed by atoms with Crippen LogP contribution in [0.25, 0.3) is 0 Å². The summed E-state index contributed by atoms with van der Waals surface area (Å²) in [5, 5.41) is 0. The number of rotatable bonds is 3. The fourth-order valence-corrected chi connectivity index (χ4v) is 2.36. The van der Waals surface area contributed by atoms with E-state index in [0.29, 0.717) is 0 Å². The molecule has 0 aromatic carbocycles. The van der Waals surface area contributed by atoms with Gasteiger partial charge in [-0.2, -0.15) is 12.6 Å². The summed E-state index contributed by atoms with van der Waals surface area (Å²) in [5.41, 5.74) is -0.454. The van der Waals surface area contributed by atoms with Crippen molar-refractivity contribution >= 4 is 24.7 Å². The molecule has 0 atom stereocenters.